The molecule has 0 aromatic carbocycles. The van der Waals surface area contributed by atoms with E-state index in [0.717, 1.165) is 0 Å². The third-order valence-electron chi connectivity index (χ3n) is 1.57. The van der Waals surface area contributed by atoms with E-state index in [1.54, 1.807) is 34.6 Å². The van der Waals surface area contributed by atoms with E-state index < -0.39 is 11.4 Å². The van der Waals surface area contributed by atoms with Crippen LogP contribution in [0.25, 0.3) is 0 Å². The Morgan fingerprint density at radius 3 is 1.91 bits per heavy atom. The first kappa shape index (κ1) is 8.72. The van der Waals surface area contributed by atoms with Gasteiger partial charge in [-0.2, -0.15) is 0 Å². The molecule has 0 fully saturated rings. The zero-order chi connectivity index (χ0) is 10.2. The number of rotatable bonds is 2. The number of carbonyl (C=O) groups excluding carboxylic acids is 1. The molecule has 1 atom stereocenters. The monoisotopic (exact) mass is 158 g/mol. The van der Waals surface area contributed by atoms with Crippen LogP contribution in [0.4, 0.5) is 0 Å². The van der Waals surface area contributed by atoms with Crippen LogP contribution < -0.4 is 5.73 Å². The lowest BCUT2D eigenvalue weighted by Crippen LogP contribution is -2.42. The Bertz CT molecular complexity index is 179. The number of nitrogens with two attached hydrogens (primary N) is 1. The van der Waals surface area contributed by atoms with Crippen molar-refractivity contribution in [2.24, 2.45) is 17.1 Å². The van der Waals surface area contributed by atoms with E-state index in [2.05, 4.69) is 0 Å². The van der Waals surface area contributed by atoms with Gasteiger partial charge in [0.15, 0.2) is 5.78 Å². The van der Waals surface area contributed by atoms with Crippen molar-refractivity contribution in [3.05, 3.63) is 0 Å². The van der Waals surface area contributed by atoms with E-state index >= 15 is 0 Å². The first-order chi connectivity index (χ1) is 5.10. The first-order valence-corrected chi connectivity index (χ1v) is 3.94. The highest BCUT2D eigenvalue weighted by Gasteiger charge is 2.28. The Morgan fingerprint density at radius 1 is 1.45 bits per heavy atom. The van der Waals surface area contributed by atoms with Crippen LogP contribution in [0.5, 0.6) is 0 Å². The maximum atomic E-state index is 11.6. The highest BCUT2D eigenvalue weighted by atomic mass is 16.1. The van der Waals surface area contributed by atoms with Crippen molar-refractivity contribution in [1.29, 1.82) is 0 Å². The fourth-order valence-electron chi connectivity index (χ4n) is 0.695. The summed E-state index contributed by atoms with van der Waals surface area (Å²) in [5.74, 6) is -0.353. The molecule has 0 saturated heterocycles. The summed E-state index contributed by atoms with van der Waals surface area (Å²) in [5.41, 5.74) is 5.08. The third kappa shape index (κ3) is 3.02. The van der Waals surface area contributed by atoms with Gasteiger partial charge in [0.2, 0.25) is 0 Å². The van der Waals surface area contributed by atoms with Crippen LogP contribution in [0, 0.1) is 11.3 Å². The van der Waals surface area contributed by atoms with Crippen LogP contribution >= 0.6 is 0 Å². The summed E-state index contributed by atoms with van der Waals surface area (Å²) in [6.07, 6.45) is 0. The van der Waals surface area contributed by atoms with Gasteiger partial charge in [-0.3, -0.25) is 4.79 Å². The second-order valence-corrected chi connectivity index (χ2v) is 4.19. The summed E-state index contributed by atoms with van der Waals surface area (Å²) >= 11 is 0. The Balaban J connectivity index is 4.70. The number of Topliss-reactive ketones (excluding diaryl/α,β-unsaturated/α-hetero) is 1. The average molecular weight is 158 g/mol. The summed E-state index contributed by atoms with van der Waals surface area (Å²) in [6, 6.07) is -1.45. The van der Waals surface area contributed by atoms with Crippen molar-refractivity contribution >= 4 is 5.78 Å². The summed E-state index contributed by atoms with van der Waals surface area (Å²) in [4.78, 5) is 11.6. The SMILES string of the molecule is [2H]C(N)(C(=O)C(C)(C)C)C(C)C. The second-order valence-electron chi connectivity index (χ2n) is 4.19. The van der Waals surface area contributed by atoms with Crippen LogP contribution in [0.15, 0.2) is 0 Å². The van der Waals surface area contributed by atoms with Crippen molar-refractivity contribution in [2.45, 2.75) is 40.6 Å². The number of ketones is 1. The van der Waals surface area contributed by atoms with Gasteiger partial charge in [0.1, 0.15) is 0 Å². The molecule has 0 saturated carbocycles. The molecule has 2 heteroatoms. The van der Waals surface area contributed by atoms with Gasteiger partial charge in [-0.1, -0.05) is 34.6 Å². The van der Waals surface area contributed by atoms with Crippen LogP contribution in [0.2, 0.25) is 0 Å². The van der Waals surface area contributed by atoms with E-state index in [0.29, 0.717) is 0 Å². The Morgan fingerprint density at radius 2 is 1.82 bits per heavy atom. The van der Waals surface area contributed by atoms with Crippen LogP contribution in [-0.4, -0.2) is 11.8 Å². The number of carbonyl (C=O) groups is 1. The van der Waals surface area contributed by atoms with Gasteiger partial charge in [0.25, 0.3) is 0 Å². The Labute approximate surface area is 70.6 Å². The highest BCUT2D eigenvalue weighted by Crippen LogP contribution is 2.18. The first-order valence-electron chi connectivity index (χ1n) is 4.44. The van der Waals surface area contributed by atoms with Crippen molar-refractivity contribution in [3.8, 4) is 0 Å². The average Bonchev–Trinajstić information content (AvgIpc) is 1.83. The maximum Gasteiger partial charge on any atom is 0.155 e. The standard InChI is InChI=1S/C9H19NO/c1-6(2)7(10)8(11)9(3,4)5/h6-7H,10H2,1-5H3/i7D. The zero-order valence-corrected chi connectivity index (χ0v) is 8.06. The molecule has 0 aromatic rings. The smallest absolute Gasteiger partial charge is 0.155 e. The summed E-state index contributed by atoms with van der Waals surface area (Å²) in [7, 11) is 0. The molecule has 0 aromatic heterocycles. The molecule has 0 radical (unpaired) electrons. The van der Waals surface area contributed by atoms with Gasteiger partial charge in [0.05, 0.1) is 7.39 Å². The maximum absolute atomic E-state index is 11.6. The number of hydrogen-bond donors (Lipinski definition) is 1. The van der Waals surface area contributed by atoms with Crippen molar-refractivity contribution in [3.63, 3.8) is 0 Å². The zero-order valence-electron chi connectivity index (χ0n) is 9.06. The van der Waals surface area contributed by atoms with E-state index in [1.807, 2.05) is 0 Å². The molecule has 0 aliphatic heterocycles. The van der Waals surface area contributed by atoms with E-state index in [9.17, 15) is 4.79 Å². The van der Waals surface area contributed by atoms with Crippen LogP contribution in [-0.2, 0) is 4.79 Å². The largest absolute Gasteiger partial charge is 0.321 e. The quantitative estimate of drug-likeness (QED) is 0.663. The van der Waals surface area contributed by atoms with E-state index in [4.69, 9.17) is 7.10 Å². The highest BCUT2D eigenvalue weighted by molar-refractivity contribution is 5.88. The molecule has 0 amide bonds. The molecule has 0 heterocycles. The molecule has 1 unspecified atom stereocenters. The van der Waals surface area contributed by atoms with Crippen molar-refractivity contribution < 1.29 is 6.17 Å². The van der Waals surface area contributed by atoms with Gasteiger partial charge < -0.3 is 5.73 Å². The Hall–Kier alpha value is -0.370. The van der Waals surface area contributed by atoms with E-state index in [1.165, 1.54) is 0 Å². The molecule has 0 aliphatic carbocycles. The lowest BCUT2D eigenvalue weighted by atomic mass is 9.83. The fraction of sp³-hybridized carbons (Fsp3) is 0.889. The van der Waals surface area contributed by atoms with Gasteiger partial charge in [-0.05, 0) is 5.92 Å². The summed E-state index contributed by atoms with van der Waals surface area (Å²) < 4.78 is 7.67. The predicted octanol–water partition coefficient (Wildman–Crippen LogP) is 1.58. The molecule has 0 bridgehead atoms. The van der Waals surface area contributed by atoms with E-state index in [-0.39, 0.29) is 11.7 Å². The lowest BCUT2D eigenvalue weighted by molar-refractivity contribution is -0.128. The minimum Gasteiger partial charge on any atom is -0.321 e. The molecule has 11 heavy (non-hydrogen) atoms. The minimum atomic E-state index is -1.45. The molecule has 2 nitrogen and oxygen atoms in total. The fourth-order valence-corrected chi connectivity index (χ4v) is 0.695. The van der Waals surface area contributed by atoms with Crippen LogP contribution in [0.3, 0.4) is 0 Å². The molecular formula is C9H19NO. The molecule has 0 spiro atoms. The normalized spacial score (nSPS) is 19.4. The molecule has 0 rings (SSSR count). The van der Waals surface area contributed by atoms with Gasteiger partial charge >= 0.3 is 0 Å². The van der Waals surface area contributed by atoms with Crippen LogP contribution in [0.1, 0.15) is 36.0 Å². The number of hydrogen-bond acceptors (Lipinski definition) is 2. The lowest BCUT2D eigenvalue weighted by Gasteiger charge is -2.23. The van der Waals surface area contributed by atoms with Gasteiger partial charge in [-0.25, -0.2) is 0 Å². The predicted molar refractivity (Wildman–Crippen MR) is 47.3 cm³/mol. The third-order valence-corrected chi connectivity index (χ3v) is 1.57. The van der Waals surface area contributed by atoms with Gasteiger partial charge in [-0.15, -0.1) is 0 Å². The van der Waals surface area contributed by atoms with Crippen molar-refractivity contribution in [2.75, 3.05) is 0 Å². The second kappa shape index (κ2) is 3.35. The van der Waals surface area contributed by atoms with Gasteiger partial charge in [0, 0.05) is 5.41 Å². The Kier molecular flexibility index (Phi) is 2.66. The summed E-state index contributed by atoms with van der Waals surface area (Å²) in [5, 5.41) is 0. The van der Waals surface area contributed by atoms with Crippen molar-refractivity contribution in [1.82, 2.24) is 0 Å². The molecule has 2 N–H and O–H groups in total. The molecular weight excluding hydrogens is 138 g/mol. The molecule has 66 valence electrons. The summed E-state index contributed by atoms with van der Waals surface area (Å²) in [6.45, 7) is 8.93. The minimum absolute atomic E-state index is 0.149. The topological polar surface area (TPSA) is 43.1 Å². The molecule has 0 aliphatic rings.